The fraction of sp³-hybridized carbons (Fsp3) is 0.640. The zero-order chi connectivity index (χ0) is 25.6. The molecule has 0 heterocycles. The highest BCUT2D eigenvalue weighted by molar-refractivity contribution is 8.00. The van der Waals surface area contributed by atoms with Crippen molar-refractivity contribution in [1.29, 1.82) is 0 Å². The lowest BCUT2D eigenvalue weighted by molar-refractivity contribution is -0.138. The molecule has 0 bridgehead atoms. The van der Waals surface area contributed by atoms with E-state index >= 15 is 0 Å². The van der Waals surface area contributed by atoms with Gasteiger partial charge in [-0.1, -0.05) is 75.5 Å². The van der Waals surface area contributed by atoms with Crippen LogP contribution in [0.3, 0.4) is 0 Å². The molecule has 8 nitrogen and oxygen atoms in total. The van der Waals surface area contributed by atoms with Gasteiger partial charge in [0.1, 0.15) is 6.54 Å². The molecule has 0 saturated heterocycles. The van der Waals surface area contributed by atoms with Crippen molar-refractivity contribution < 1.29 is 29.7 Å². The molecule has 0 aliphatic heterocycles. The molecule has 0 aromatic carbocycles. The molecule has 0 aliphatic carbocycles. The van der Waals surface area contributed by atoms with Gasteiger partial charge in [0.15, 0.2) is 0 Å². The molecule has 0 fully saturated rings. The minimum atomic E-state index is -1.16. The minimum absolute atomic E-state index is 0.0292. The first-order valence-electron chi connectivity index (χ1n) is 12.0. The zero-order valence-electron chi connectivity index (χ0n) is 20.2. The lowest BCUT2D eigenvalue weighted by atomic mass is 10.1. The normalized spacial score (nSPS) is 14.6. The van der Waals surface area contributed by atoms with Crippen molar-refractivity contribution in [3.05, 3.63) is 36.5 Å². The number of carboxylic acids is 2. The van der Waals surface area contributed by atoms with E-state index in [2.05, 4.69) is 18.3 Å². The molecule has 6 N–H and O–H groups in total. The SMILES string of the molecule is CCCCCCCC\C=C/C=C/C=C/[C@@H](SCC(N)C(=O)NCC(=O)O)[C@@H](O)CCCC(=O)O. The minimum Gasteiger partial charge on any atom is -0.481 e. The van der Waals surface area contributed by atoms with Crippen LogP contribution >= 0.6 is 11.8 Å². The number of carbonyl (C=O) groups excluding carboxylic acids is 1. The fourth-order valence-corrected chi connectivity index (χ4v) is 4.17. The van der Waals surface area contributed by atoms with Crippen LogP contribution in [0.25, 0.3) is 0 Å². The zero-order valence-corrected chi connectivity index (χ0v) is 21.0. The van der Waals surface area contributed by atoms with Gasteiger partial charge >= 0.3 is 11.9 Å². The van der Waals surface area contributed by atoms with Crippen LogP contribution in [-0.2, 0) is 14.4 Å². The third kappa shape index (κ3) is 19.4. The fourth-order valence-electron chi connectivity index (χ4n) is 3.03. The summed E-state index contributed by atoms with van der Waals surface area (Å²) < 4.78 is 0. The van der Waals surface area contributed by atoms with Gasteiger partial charge in [-0.2, -0.15) is 0 Å². The number of aliphatic hydroxyl groups excluding tert-OH is 1. The van der Waals surface area contributed by atoms with Crippen LogP contribution in [0.4, 0.5) is 0 Å². The quantitative estimate of drug-likeness (QED) is 0.119. The number of aliphatic carboxylic acids is 2. The summed E-state index contributed by atoms with van der Waals surface area (Å²) in [5.41, 5.74) is 5.83. The number of nitrogens with one attached hydrogen (secondary N) is 1. The lowest BCUT2D eigenvalue weighted by Crippen LogP contribution is -2.44. The number of thioether (sulfide) groups is 1. The van der Waals surface area contributed by atoms with Crippen LogP contribution < -0.4 is 11.1 Å². The van der Waals surface area contributed by atoms with Gasteiger partial charge in [0.25, 0.3) is 0 Å². The van der Waals surface area contributed by atoms with Crippen molar-refractivity contribution in [1.82, 2.24) is 5.32 Å². The van der Waals surface area contributed by atoms with E-state index in [0.717, 1.165) is 6.42 Å². The van der Waals surface area contributed by atoms with Crippen LogP contribution in [-0.4, -0.2) is 62.9 Å². The van der Waals surface area contributed by atoms with Gasteiger partial charge in [-0.15, -0.1) is 11.8 Å². The summed E-state index contributed by atoms with van der Waals surface area (Å²) in [5.74, 6) is -2.47. The van der Waals surface area contributed by atoms with Crippen molar-refractivity contribution in [2.45, 2.75) is 88.5 Å². The third-order valence-corrected chi connectivity index (χ3v) is 6.39. The number of aliphatic hydroxyl groups is 1. The molecule has 34 heavy (non-hydrogen) atoms. The second kappa shape index (κ2) is 21.4. The molecule has 0 spiro atoms. The van der Waals surface area contributed by atoms with E-state index in [9.17, 15) is 19.5 Å². The largest absolute Gasteiger partial charge is 0.481 e. The van der Waals surface area contributed by atoms with Crippen LogP contribution in [0.15, 0.2) is 36.5 Å². The van der Waals surface area contributed by atoms with Gasteiger partial charge < -0.3 is 26.4 Å². The van der Waals surface area contributed by atoms with Gasteiger partial charge in [0.2, 0.25) is 5.91 Å². The van der Waals surface area contributed by atoms with Crippen LogP contribution in [0, 0.1) is 0 Å². The summed E-state index contributed by atoms with van der Waals surface area (Å²) in [4.78, 5) is 33.2. The number of unbranched alkanes of at least 4 members (excludes halogenated alkanes) is 6. The van der Waals surface area contributed by atoms with Crippen molar-refractivity contribution in [3.8, 4) is 0 Å². The average Bonchev–Trinajstić information content (AvgIpc) is 2.79. The topological polar surface area (TPSA) is 150 Å². The molecule has 194 valence electrons. The number of nitrogens with two attached hydrogens (primary N) is 1. The predicted octanol–water partition coefficient (Wildman–Crippen LogP) is 3.65. The van der Waals surface area contributed by atoms with E-state index in [1.54, 1.807) is 6.08 Å². The van der Waals surface area contributed by atoms with Gasteiger partial charge in [-0.05, 0) is 25.7 Å². The Hall–Kier alpha value is -2.10. The Morgan fingerprint density at radius 1 is 0.941 bits per heavy atom. The molecule has 3 atom stereocenters. The van der Waals surface area contributed by atoms with Gasteiger partial charge in [0, 0.05) is 17.4 Å². The van der Waals surface area contributed by atoms with Gasteiger partial charge in [-0.25, -0.2) is 0 Å². The maximum atomic E-state index is 11.9. The molecule has 0 aromatic rings. The summed E-state index contributed by atoms with van der Waals surface area (Å²) in [5, 5.41) is 29.8. The maximum absolute atomic E-state index is 11.9. The molecular weight excluding hydrogens is 456 g/mol. The predicted molar refractivity (Wildman–Crippen MR) is 138 cm³/mol. The Balaban J connectivity index is 4.62. The van der Waals surface area contributed by atoms with E-state index in [1.165, 1.54) is 50.3 Å². The molecule has 0 aromatic heterocycles. The average molecular weight is 499 g/mol. The Morgan fingerprint density at radius 2 is 1.62 bits per heavy atom. The summed E-state index contributed by atoms with van der Waals surface area (Å²) in [7, 11) is 0. The first-order chi connectivity index (χ1) is 16.3. The van der Waals surface area contributed by atoms with Crippen molar-refractivity contribution in [2.75, 3.05) is 12.3 Å². The summed E-state index contributed by atoms with van der Waals surface area (Å²) in [6.07, 6.45) is 20.0. The Kier molecular flexibility index (Phi) is 20.1. The molecule has 1 amide bonds. The summed E-state index contributed by atoms with van der Waals surface area (Å²) >= 11 is 1.27. The highest BCUT2D eigenvalue weighted by atomic mass is 32.2. The van der Waals surface area contributed by atoms with E-state index < -0.39 is 36.5 Å². The number of carboxylic acid groups (broad SMARTS) is 2. The van der Waals surface area contributed by atoms with Crippen LogP contribution in [0.2, 0.25) is 0 Å². The Labute approximate surface area is 207 Å². The number of carbonyl (C=O) groups is 3. The van der Waals surface area contributed by atoms with E-state index in [0.29, 0.717) is 12.8 Å². The molecule has 0 radical (unpaired) electrons. The number of amides is 1. The van der Waals surface area contributed by atoms with Gasteiger partial charge in [-0.3, -0.25) is 14.4 Å². The highest BCUT2D eigenvalue weighted by Gasteiger charge is 2.21. The Bertz CT molecular complexity index is 666. The summed E-state index contributed by atoms with van der Waals surface area (Å²) in [6, 6.07) is -0.924. The number of allylic oxidation sites excluding steroid dienone is 5. The van der Waals surface area contributed by atoms with Gasteiger partial charge in [0.05, 0.1) is 12.1 Å². The number of rotatable bonds is 21. The van der Waals surface area contributed by atoms with E-state index in [4.69, 9.17) is 15.9 Å². The number of hydrogen-bond donors (Lipinski definition) is 5. The molecule has 9 heteroatoms. The monoisotopic (exact) mass is 498 g/mol. The van der Waals surface area contributed by atoms with E-state index in [1.807, 2.05) is 24.3 Å². The Morgan fingerprint density at radius 3 is 2.29 bits per heavy atom. The molecular formula is C25H42N2O6S. The standard InChI is InChI=1S/C25H42N2O6S/c1-2-3-4-5-6-7-8-9-10-11-12-13-16-22(21(28)15-14-17-23(29)30)34-19-20(26)25(33)27-18-24(31)32/h9-13,16,20-22,28H,2-8,14-15,17-19,26H2,1H3,(H,27,33)(H,29,30)(H,31,32)/b10-9-,12-11+,16-13+/t20?,21-,22+/m0/s1. The molecule has 0 rings (SSSR count). The van der Waals surface area contributed by atoms with E-state index in [-0.39, 0.29) is 17.4 Å². The smallest absolute Gasteiger partial charge is 0.322 e. The maximum Gasteiger partial charge on any atom is 0.322 e. The molecule has 1 unspecified atom stereocenters. The van der Waals surface area contributed by atoms with Crippen molar-refractivity contribution >= 4 is 29.6 Å². The van der Waals surface area contributed by atoms with Crippen molar-refractivity contribution in [3.63, 3.8) is 0 Å². The van der Waals surface area contributed by atoms with Crippen molar-refractivity contribution in [2.24, 2.45) is 5.73 Å². The molecule has 0 aliphatic rings. The lowest BCUT2D eigenvalue weighted by Gasteiger charge is -2.21. The second-order valence-electron chi connectivity index (χ2n) is 8.12. The third-order valence-electron chi connectivity index (χ3n) is 4.98. The van der Waals surface area contributed by atoms with Crippen LogP contribution in [0.1, 0.15) is 71.1 Å². The highest BCUT2D eigenvalue weighted by Crippen LogP contribution is 2.21. The first-order valence-corrected chi connectivity index (χ1v) is 13.1. The summed E-state index contributed by atoms with van der Waals surface area (Å²) in [6.45, 7) is 1.71. The van der Waals surface area contributed by atoms with Crippen LogP contribution in [0.5, 0.6) is 0 Å². The second-order valence-corrected chi connectivity index (χ2v) is 9.33. The molecule has 0 saturated carbocycles. The first kappa shape index (κ1) is 31.9. The number of hydrogen-bond acceptors (Lipinski definition) is 6.